The van der Waals surface area contributed by atoms with Gasteiger partial charge in [-0.3, -0.25) is 15.0 Å². The first-order chi connectivity index (χ1) is 12.5. The second-order valence-electron chi connectivity index (χ2n) is 5.43. The van der Waals surface area contributed by atoms with Crippen LogP contribution in [0.15, 0.2) is 52.4 Å². The fraction of sp³-hybridized carbons (Fsp3) is 0.167. The summed E-state index contributed by atoms with van der Waals surface area (Å²) in [6.07, 6.45) is -0.225. The Labute approximate surface area is 152 Å². The number of thioether (sulfide) groups is 1. The van der Waals surface area contributed by atoms with Crippen LogP contribution < -0.4 is 11.0 Å². The van der Waals surface area contributed by atoms with Crippen LogP contribution >= 0.6 is 11.8 Å². The number of nitrogens with zero attached hydrogens (tertiary/aromatic N) is 2. The molecular formula is C18H15F2N3O2S. The third-order valence-electron chi connectivity index (χ3n) is 3.62. The van der Waals surface area contributed by atoms with E-state index in [1.807, 2.05) is 6.92 Å². The van der Waals surface area contributed by atoms with Crippen molar-refractivity contribution in [3.05, 3.63) is 70.0 Å². The van der Waals surface area contributed by atoms with Gasteiger partial charge >= 0.3 is 0 Å². The fourth-order valence-corrected chi connectivity index (χ4v) is 3.12. The lowest BCUT2D eigenvalue weighted by atomic mass is 10.1. The van der Waals surface area contributed by atoms with Crippen molar-refractivity contribution in [1.29, 1.82) is 0 Å². The first-order valence-electron chi connectivity index (χ1n) is 7.88. The van der Waals surface area contributed by atoms with Crippen molar-refractivity contribution in [2.75, 3.05) is 11.2 Å². The highest BCUT2D eigenvalue weighted by Crippen LogP contribution is 2.17. The van der Waals surface area contributed by atoms with Gasteiger partial charge in [-0.05, 0) is 29.5 Å². The van der Waals surface area contributed by atoms with Crippen molar-refractivity contribution in [2.24, 2.45) is 0 Å². The van der Waals surface area contributed by atoms with E-state index in [4.69, 9.17) is 0 Å². The first kappa shape index (κ1) is 18.1. The Morgan fingerprint density at radius 3 is 2.73 bits per heavy atom. The van der Waals surface area contributed by atoms with E-state index in [-0.39, 0.29) is 28.0 Å². The molecule has 8 heteroatoms. The Morgan fingerprint density at radius 2 is 2.00 bits per heavy atom. The number of aromatic nitrogens is 2. The van der Waals surface area contributed by atoms with Crippen molar-refractivity contribution in [3.8, 4) is 0 Å². The van der Waals surface area contributed by atoms with E-state index in [0.29, 0.717) is 5.75 Å². The summed E-state index contributed by atoms with van der Waals surface area (Å²) in [4.78, 5) is 29.2. The molecule has 5 nitrogen and oxygen atoms in total. The summed E-state index contributed by atoms with van der Waals surface area (Å²) in [5.41, 5.74) is 2.38. The zero-order valence-electron chi connectivity index (χ0n) is 13.8. The van der Waals surface area contributed by atoms with Gasteiger partial charge in [0.05, 0.1) is 17.3 Å². The SMILES string of the molecule is CCSc1nc2cc(F)ccc2c(=O)n1NC(=O)Cc1ccccc1F. The third-order valence-corrected chi connectivity index (χ3v) is 4.44. The van der Waals surface area contributed by atoms with E-state index in [1.54, 1.807) is 6.07 Å². The first-order valence-corrected chi connectivity index (χ1v) is 8.86. The Bertz CT molecular complexity index is 1040. The average Bonchev–Trinajstić information content (AvgIpc) is 2.60. The van der Waals surface area contributed by atoms with Crippen LogP contribution in [0.25, 0.3) is 10.9 Å². The predicted molar refractivity (Wildman–Crippen MR) is 96.8 cm³/mol. The van der Waals surface area contributed by atoms with Crippen LogP contribution in [0.5, 0.6) is 0 Å². The number of hydrogen-bond donors (Lipinski definition) is 1. The number of benzene rings is 2. The molecule has 1 N–H and O–H groups in total. The van der Waals surface area contributed by atoms with E-state index in [1.165, 1.54) is 42.1 Å². The number of rotatable bonds is 5. The lowest BCUT2D eigenvalue weighted by Gasteiger charge is -2.13. The molecule has 2 aromatic carbocycles. The second-order valence-corrected chi connectivity index (χ2v) is 6.66. The van der Waals surface area contributed by atoms with Crippen molar-refractivity contribution >= 4 is 28.6 Å². The normalized spacial score (nSPS) is 10.9. The molecule has 1 amide bonds. The van der Waals surface area contributed by atoms with Gasteiger partial charge in [0.15, 0.2) is 5.16 Å². The van der Waals surface area contributed by atoms with E-state index in [9.17, 15) is 18.4 Å². The van der Waals surface area contributed by atoms with Gasteiger partial charge in [0.25, 0.3) is 5.56 Å². The topological polar surface area (TPSA) is 64.0 Å². The number of hydrogen-bond acceptors (Lipinski definition) is 4. The molecule has 0 saturated carbocycles. The average molecular weight is 375 g/mol. The molecule has 0 spiro atoms. The number of amides is 1. The van der Waals surface area contributed by atoms with Gasteiger partial charge < -0.3 is 0 Å². The molecule has 0 saturated heterocycles. The molecule has 0 aliphatic rings. The maximum atomic E-state index is 13.7. The minimum atomic E-state index is -0.557. The third kappa shape index (κ3) is 3.75. The summed E-state index contributed by atoms with van der Waals surface area (Å²) < 4.78 is 28.2. The van der Waals surface area contributed by atoms with E-state index < -0.39 is 23.1 Å². The molecule has 26 heavy (non-hydrogen) atoms. The highest BCUT2D eigenvalue weighted by Gasteiger charge is 2.15. The fourth-order valence-electron chi connectivity index (χ4n) is 2.44. The lowest BCUT2D eigenvalue weighted by molar-refractivity contribution is -0.116. The van der Waals surface area contributed by atoms with E-state index in [0.717, 1.165) is 10.7 Å². The molecule has 0 aliphatic heterocycles. The van der Waals surface area contributed by atoms with E-state index >= 15 is 0 Å². The lowest BCUT2D eigenvalue weighted by Crippen LogP contribution is -2.36. The second kappa shape index (κ2) is 7.65. The van der Waals surface area contributed by atoms with Crippen LogP contribution in [0.3, 0.4) is 0 Å². The molecule has 0 radical (unpaired) electrons. The zero-order valence-corrected chi connectivity index (χ0v) is 14.6. The Hall–Kier alpha value is -2.74. The summed E-state index contributed by atoms with van der Waals surface area (Å²) in [5.74, 6) is -0.960. The maximum Gasteiger partial charge on any atom is 0.281 e. The van der Waals surface area contributed by atoms with Gasteiger partial charge in [-0.25, -0.2) is 13.8 Å². The zero-order chi connectivity index (χ0) is 18.7. The highest BCUT2D eigenvalue weighted by molar-refractivity contribution is 7.99. The number of carbonyl (C=O) groups excluding carboxylic acids is 1. The quantitative estimate of drug-likeness (QED) is 0.550. The molecule has 3 rings (SSSR count). The molecule has 0 aliphatic carbocycles. The van der Waals surface area contributed by atoms with E-state index in [2.05, 4.69) is 10.4 Å². The molecular weight excluding hydrogens is 360 g/mol. The molecule has 134 valence electrons. The Kier molecular flexibility index (Phi) is 5.32. The van der Waals surface area contributed by atoms with Crippen LogP contribution in [0.1, 0.15) is 12.5 Å². The Morgan fingerprint density at radius 1 is 1.23 bits per heavy atom. The number of fused-ring (bicyclic) bond motifs is 1. The van der Waals surface area contributed by atoms with Crippen molar-refractivity contribution in [2.45, 2.75) is 18.5 Å². The summed E-state index contributed by atoms with van der Waals surface area (Å²) in [6, 6.07) is 9.57. The predicted octanol–water partition coefficient (Wildman–Crippen LogP) is 3.10. The van der Waals surface area contributed by atoms with Gasteiger partial charge in [-0.1, -0.05) is 36.9 Å². The van der Waals surface area contributed by atoms with Crippen LogP contribution in [-0.4, -0.2) is 21.3 Å². The van der Waals surface area contributed by atoms with Crippen molar-refractivity contribution in [1.82, 2.24) is 9.66 Å². The minimum Gasteiger partial charge on any atom is -0.273 e. The van der Waals surface area contributed by atoms with Gasteiger partial charge in [-0.15, -0.1) is 0 Å². The maximum absolute atomic E-state index is 13.7. The van der Waals surface area contributed by atoms with Crippen LogP contribution in [-0.2, 0) is 11.2 Å². The molecule has 0 atom stereocenters. The highest BCUT2D eigenvalue weighted by atomic mass is 32.2. The molecule has 0 unspecified atom stereocenters. The van der Waals surface area contributed by atoms with Gasteiger partial charge in [-0.2, -0.15) is 4.68 Å². The smallest absolute Gasteiger partial charge is 0.273 e. The van der Waals surface area contributed by atoms with Gasteiger partial charge in [0, 0.05) is 6.07 Å². The monoisotopic (exact) mass is 375 g/mol. The Balaban J connectivity index is 1.98. The number of carbonyl (C=O) groups is 1. The van der Waals surface area contributed by atoms with Crippen LogP contribution in [0.4, 0.5) is 8.78 Å². The molecule has 0 fully saturated rings. The minimum absolute atomic E-state index is 0.179. The summed E-state index contributed by atoms with van der Waals surface area (Å²) in [7, 11) is 0. The largest absolute Gasteiger partial charge is 0.281 e. The van der Waals surface area contributed by atoms with Gasteiger partial charge in [0.2, 0.25) is 5.91 Å². The van der Waals surface area contributed by atoms with Crippen molar-refractivity contribution < 1.29 is 13.6 Å². The van der Waals surface area contributed by atoms with Gasteiger partial charge in [0.1, 0.15) is 11.6 Å². The molecule has 1 aromatic heterocycles. The molecule has 1 heterocycles. The summed E-state index contributed by atoms with van der Waals surface area (Å²) in [6.45, 7) is 1.86. The number of nitrogens with one attached hydrogen (secondary N) is 1. The molecule has 0 bridgehead atoms. The number of halogens is 2. The standard InChI is InChI=1S/C18H15F2N3O2S/c1-2-26-18-21-15-10-12(19)7-8-13(15)17(25)23(18)22-16(24)9-11-5-3-4-6-14(11)20/h3-8,10H,2,9H2,1H3,(H,22,24). The molecule has 3 aromatic rings. The van der Waals surface area contributed by atoms with Crippen LogP contribution in [0, 0.1) is 11.6 Å². The summed E-state index contributed by atoms with van der Waals surface area (Å²) in [5, 5.41) is 0.413. The van der Waals surface area contributed by atoms with Crippen LogP contribution in [0.2, 0.25) is 0 Å². The van der Waals surface area contributed by atoms with Crippen molar-refractivity contribution in [3.63, 3.8) is 0 Å². The summed E-state index contributed by atoms with van der Waals surface area (Å²) >= 11 is 1.23.